The lowest BCUT2D eigenvalue weighted by molar-refractivity contribution is 0.930. The Labute approximate surface area is 83.7 Å². The van der Waals surface area contributed by atoms with E-state index in [9.17, 15) is 0 Å². The van der Waals surface area contributed by atoms with Crippen molar-refractivity contribution in [3.05, 3.63) is 34.1 Å². The number of aryl methyl sites for hydroxylation is 1. The minimum absolute atomic E-state index is 0.586. The number of hydrogen-bond donors (Lipinski definition) is 0. The lowest BCUT2D eigenvalue weighted by Gasteiger charge is -1.99. The maximum atomic E-state index is 8.90. The summed E-state index contributed by atoms with van der Waals surface area (Å²) in [6.45, 7) is 1.90. The number of aromatic nitrogens is 2. The van der Waals surface area contributed by atoms with Crippen molar-refractivity contribution >= 4 is 21.4 Å². The number of hydrogen-bond acceptors (Lipinski definition) is 2. The molecule has 0 atom stereocenters. The van der Waals surface area contributed by atoms with E-state index in [1.807, 2.05) is 19.1 Å². The molecule has 0 aromatic carbocycles. The highest BCUT2D eigenvalue weighted by Crippen LogP contribution is 2.19. The molecule has 4 heteroatoms. The van der Waals surface area contributed by atoms with Gasteiger partial charge in [-0.3, -0.25) is 0 Å². The first-order valence-corrected chi connectivity index (χ1v) is 4.56. The highest BCUT2D eigenvalue weighted by molar-refractivity contribution is 9.10. The first kappa shape index (κ1) is 8.27. The predicted molar refractivity (Wildman–Crippen MR) is 52.3 cm³/mol. The standard InChI is InChI=1S/C9H6BrN3/c1-6-2-3-8-7(10)5-12-13(8)9(6)4-11/h2-3,5H,1H3. The summed E-state index contributed by atoms with van der Waals surface area (Å²) in [7, 11) is 0. The molecule has 64 valence electrons. The Bertz CT molecular complexity index is 507. The number of halogens is 1. The van der Waals surface area contributed by atoms with Gasteiger partial charge in [0.05, 0.1) is 16.2 Å². The van der Waals surface area contributed by atoms with Crippen molar-refractivity contribution in [2.45, 2.75) is 6.92 Å². The smallest absolute Gasteiger partial charge is 0.145 e. The molecule has 0 saturated heterocycles. The normalized spacial score (nSPS) is 10.2. The Balaban J connectivity index is 2.95. The highest BCUT2D eigenvalue weighted by Gasteiger charge is 2.06. The van der Waals surface area contributed by atoms with E-state index in [4.69, 9.17) is 5.26 Å². The molecule has 0 unspecified atom stereocenters. The third-order valence-electron chi connectivity index (χ3n) is 1.94. The second-order valence-electron chi connectivity index (χ2n) is 2.77. The van der Waals surface area contributed by atoms with Crippen molar-refractivity contribution in [2.24, 2.45) is 0 Å². The second-order valence-corrected chi connectivity index (χ2v) is 3.62. The fraction of sp³-hybridized carbons (Fsp3) is 0.111. The van der Waals surface area contributed by atoms with E-state index in [-0.39, 0.29) is 0 Å². The molecule has 0 radical (unpaired) electrons. The van der Waals surface area contributed by atoms with Crippen molar-refractivity contribution in [2.75, 3.05) is 0 Å². The summed E-state index contributed by atoms with van der Waals surface area (Å²) in [5.74, 6) is 0. The predicted octanol–water partition coefficient (Wildman–Crippen LogP) is 2.28. The molecule has 0 saturated carbocycles. The first-order chi connectivity index (χ1) is 6.24. The Morgan fingerprint density at radius 3 is 3.00 bits per heavy atom. The molecule has 13 heavy (non-hydrogen) atoms. The van der Waals surface area contributed by atoms with Crippen LogP contribution >= 0.6 is 15.9 Å². The summed E-state index contributed by atoms with van der Waals surface area (Å²) in [4.78, 5) is 0. The van der Waals surface area contributed by atoms with E-state index in [1.54, 1.807) is 10.7 Å². The molecule has 0 spiro atoms. The maximum absolute atomic E-state index is 8.90. The van der Waals surface area contributed by atoms with E-state index >= 15 is 0 Å². The van der Waals surface area contributed by atoms with Crippen LogP contribution in [-0.2, 0) is 0 Å². The quantitative estimate of drug-likeness (QED) is 0.704. The van der Waals surface area contributed by atoms with Gasteiger partial charge in [-0.1, -0.05) is 6.07 Å². The lowest BCUT2D eigenvalue weighted by atomic mass is 10.2. The van der Waals surface area contributed by atoms with Crippen molar-refractivity contribution in [3.8, 4) is 6.07 Å². The largest absolute Gasteiger partial charge is 0.222 e. The zero-order valence-electron chi connectivity index (χ0n) is 6.95. The number of rotatable bonds is 0. The molecular formula is C9H6BrN3. The van der Waals surface area contributed by atoms with Crippen LogP contribution in [0.15, 0.2) is 22.8 Å². The van der Waals surface area contributed by atoms with Gasteiger partial charge in [0.2, 0.25) is 0 Å². The van der Waals surface area contributed by atoms with Crippen LogP contribution in [0.5, 0.6) is 0 Å². The molecule has 3 nitrogen and oxygen atoms in total. The molecule has 0 amide bonds. The van der Waals surface area contributed by atoms with Gasteiger partial charge in [-0.25, -0.2) is 4.52 Å². The van der Waals surface area contributed by atoms with Gasteiger partial charge in [0.1, 0.15) is 11.8 Å². The number of pyridine rings is 1. The maximum Gasteiger partial charge on any atom is 0.145 e. The van der Waals surface area contributed by atoms with Gasteiger partial charge in [0.15, 0.2) is 0 Å². The van der Waals surface area contributed by atoms with E-state index in [0.29, 0.717) is 5.69 Å². The minimum Gasteiger partial charge on any atom is -0.222 e. The molecule has 0 aliphatic heterocycles. The average Bonchev–Trinajstić information content (AvgIpc) is 2.48. The summed E-state index contributed by atoms with van der Waals surface area (Å²) < 4.78 is 2.54. The van der Waals surface area contributed by atoms with Crippen molar-refractivity contribution in [1.29, 1.82) is 5.26 Å². The van der Waals surface area contributed by atoms with Gasteiger partial charge < -0.3 is 0 Å². The molecule has 0 aliphatic rings. The van der Waals surface area contributed by atoms with Gasteiger partial charge in [-0.15, -0.1) is 0 Å². The zero-order chi connectivity index (χ0) is 9.42. The van der Waals surface area contributed by atoms with E-state index in [2.05, 4.69) is 27.1 Å². The summed E-state index contributed by atoms with van der Waals surface area (Å²) in [5.41, 5.74) is 2.44. The molecule has 0 N–H and O–H groups in total. The average molecular weight is 236 g/mol. The molecule has 2 aromatic rings. The molecule has 2 heterocycles. The molecule has 2 rings (SSSR count). The molecule has 0 fully saturated rings. The summed E-state index contributed by atoms with van der Waals surface area (Å²) in [6, 6.07) is 5.99. The van der Waals surface area contributed by atoms with Crippen LogP contribution in [0.1, 0.15) is 11.3 Å². The summed E-state index contributed by atoms with van der Waals surface area (Å²) in [6.07, 6.45) is 1.69. The van der Waals surface area contributed by atoms with Crippen LogP contribution in [0.4, 0.5) is 0 Å². The Kier molecular flexibility index (Phi) is 1.82. The third kappa shape index (κ3) is 1.12. The van der Waals surface area contributed by atoms with Gasteiger partial charge in [-0.05, 0) is 34.5 Å². The van der Waals surface area contributed by atoms with Crippen LogP contribution in [0, 0.1) is 18.3 Å². The fourth-order valence-corrected chi connectivity index (χ4v) is 1.64. The third-order valence-corrected chi connectivity index (χ3v) is 2.55. The Morgan fingerprint density at radius 1 is 1.54 bits per heavy atom. The number of nitrogens with zero attached hydrogens (tertiary/aromatic N) is 3. The van der Waals surface area contributed by atoms with E-state index < -0.39 is 0 Å². The van der Waals surface area contributed by atoms with Crippen LogP contribution < -0.4 is 0 Å². The van der Waals surface area contributed by atoms with Crippen LogP contribution in [0.2, 0.25) is 0 Å². The van der Waals surface area contributed by atoms with Crippen LogP contribution in [0.25, 0.3) is 5.52 Å². The van der Waals surface area contributed by atoms with Crippen molar-refractivity contribution in [1.82, 2.24) is 9.61 Å². The van der Waals surface area contributed by atoms with Crippen LogP contribution in [-0.4, -0.2) is 9.61 Å². The van der Waals surface area contributed by atoms with Crippen molar-refractivity contribution in [3.63, 3.8) is 0 Å². The Morgan fingerprint density at radius 2 is 2.31 bits per heavy atom. The first-order valence-electron chi connectivity index (χ1n) is 3.77. The van der Waals surface area contributed by atoms with E-state index in [1.165, 1.54) is 0 Å². The zero-order valence-corrected chi connectivity index (χ0v) is 8.54. The number of nitriles is 1. The van der Waals surface area contributed by atoms with Gasteiger partial charge >= 0.3 is 0 Å². The summed E-state index contributed by atoms with van der Waals surface area (Å²) >= 11 is 3.36. The molecule has 2 aromatic heterocycles. The van der Waals surface area contributed by atoms with Gasteiger partial charge in [-0.2, -0.15) is 10.4 Å². The molecular weight excluding hydrogens is 230 g/mol. The molecule has 0 aliphatic carbocycles. The van der Waals surface area contributed by atoms with Gasteiger partial charge in [0, 0.05) is 0 Å². The molecule has 0 bridgehead atoms. The van der Waals surface area contributed by atoms with Crippen LogP contribution in [0.3, 0.4) is 0 Å². The lowest BCUT2D eigenvalue weighted by Crippen LogP contribution is -1.96. The minimum atomic E-state index is 0.586. The summed E-state index contributed by atoms with van der Waals surface area (Å²) in [5, 5.41) is 13.0. The van der Waals surface area contributed by atoms with E-state index in [0.717, 1.165) is 15.6 Å². The highest BCUT2D eigenvalue weighted by atomic mass is 79.9. The topological polar surface area (TPSA) is 41.1 Å². The Hall–Kier alpha value is -1.34. The number of fused-ring (bicyclic) bond motifs is 1. The van der Waals surface area contributed by atoms with Crippen molar-refractivity contribution < 1.29 is 0 Å². The van der Waals surface area contributed by atoms with Gasteiger partial charge in [0.25, 0.3) is 0 Å². The SMILES string of the molecule is Cc1ccc2c(Br)cnn2c1C#N. The second kappa shape index (κ2) is 2.86. The monoisotopic (exact) mass is 235 g/mol. The fourth-order valence-electron chi connectivity index (χ4n) is 1.25.